The molecule has 1 aromatic rings. The molecule has 0 amide bonds. The number of carbonyl (C=O) groups is 1. The maximum atomic E-state index is 11.9. The van der Waals surface area contributed by atoms with Gasteiger partial charge >= 0.3 is 5.97 Å². The summed E-state index contributed by atoms with van der Waals surface area (Å²) in [5, 5.41) is 0. The van der Waals surface area contributed by atoms with Crippen LogP contribution in [0, 0.1) is 0 Å². The molecule has 1 heterocycles. The topological polar surface area (TPSA) is 70.1 Å². The van der Waals surface area contributed by atoms with Gasteiger partial charge in [-0.2, -0.15) is 0 Å². The lowest BCUT2D eigenvalue weighted by Gasteiger charge is -2.24. The first-order chi connectivity index (χ1) is 8.20. The van der Waals surface area contributed by atoms with Crippen LogP contribution in [0.15, 0.2) is 12.5 Å². The van der Waals surface area contributed by atoms with Crippen molar-refractivity contribution in [3.8, 4) is 0 Å². The fraction of sp³-hybridized carbons (Fsp3) is 0.692. The van der Waals surface area contributed by atoms with Gasteiger partial charge in [-0.15, -0.1) is 0 Å². The maximum absolute atomic E-state index is 11.9. The molecule has 102 valence electrons. The highest BCUT2D eigenvalue weighted by Gasteiger charge is 2.25. The fourth-order valence-electron chi connectivity index (χ4n) is 1.85. The molecule has 0 aromatic carbocycles. The second kappa shape index (κ2) is 5.52. The van der Waals surface area contributed by atoms with Gasteiger partial charge in [0.2, 0.25) is 0 Å². The Morgan fingerprint density at radius 3 is 2.56 bits per heavy atom. The zero-order valence-electron chi connectivity index (χ0n) is 11.8. The minimum Gasteiger partial charge on any atom is -0.460 e. The number of nitrogens with two attached hydrogens (primary N) is 1. The van der Waals surface area contributed by atoms with E-state index in [-0.39, 0.29) is 24.3 Å². The highest BCUT2D eigenvalue weighted by Crippen LogP contribution is 2.23. The molecule has 0 spiro atoms. The number of hydrogen-bond acceptors (Lipinski definition) is 4. The molecule has 5 heteroatoms. The van der Waals surface area contributed by atoms with Crippen molar-refractivity contribution in [3.05, 3.63) is 18.2 Å². The van der Waals surface area contributed by atoms with E-state index in [2.05, 4.69) is 4.98 Å². The van der Waals surface area contributed by atoms with Crippen molar-refractivity contribution >= 4 is 5.97 Å². The average Bonchev–Trinajstić information content (AvgIpc) is 2.57. The number of hydrogen-bond donors (Lipinski definition) is 1. The van der Waals surface area contributed by atoms with Gasteiger partial charge in [-0.1, -0.05) is 0 Å². The van der Waals surface area contributed by atoms with E-state index >= 15 is 0 Å². The van der Waals surface area contributed by atoms with Crippen LogP contribution in [0.4, 0.5) is 0 Å². The molecule has 0 aliphatic heterocycles. The first-order valence-corrected chi connectivity index (χ1v) is 6.14. The van der Waals surface area contributed by atoms with Gasteiger partial charge in [0.1, 0.15) is 5.60 Å². The van der Waals surface area contributed by atoms with Crippen molar-refractivity contribution in [2.75, 3.05) is 0 Å². The van der Waals surface area contributed by atoms with Crippen molar-refractivity contribution in [1.29, 1.82) is 0 Å². The van der Waals surface area contributed by atoms with E-state index in [9.17, 15) is 4.79 Å². The molecule has 18 heavy (non-hydrogen) atoms. The number of aryl methyl sites for hydroxylation is 1. The molecule has 0 saturated heterocycles. The molecule has 2 atom stereocenters. The summed E-state index contributed by atoms with van der Waals surface area (Å²) in [6, 6.07) is -0.132. The quantitative estimate of drug-likeness (QED) is 0.827. The van der Waals surface area contributed by atoms with Crippen LogP contribution in [0.5, 0.6) is 0 Å². The Morgan fingerprint density at radius 1 is 1.56 bits per heavy atom. The Labute approximate surface area is 108 Å². The molecule has 5 nitrogen and oxygen atoms in total. The van der Waals surface area contributed by atoms with Crippen LogP contribution in [-0.4, -0.2) is 27.2 Å². The summed E-state index contributed by atoms with van der Waals surface area (Å²) in [5.41, 5.74) is 6.45. The van der Waals surface area contributed by atoms with E-state index < -0.39 is 5.60 Å². The number of esters is 1. The predicted octanol–water partition coefficient (Wildman–Crippen LogP) is 1.58. The summed E-state index contributed by atoms with van der Waals surface area (Å²) >= 11 is 0. The van der Waals surface area contributed by atoms with Crippen LogP contribution in [0.25, 0.3) is 0 Å². The lowest BCUT2D eigenvalue weighted by atomic mass is 9.94. The zero-order chi connectivity index (χ0) is 13.9. The number of imidazole rings is 1. The Hall–Kier alpha value is -1.36. The van der Waals surface area contributed by atoms with E-state index in [1.807, 2.05) is 39.3 Å². The van der Waals surface area contributed by atoms with Crippen molar-refractivity contribution in [2.45, 2.75) is 51.7 Å². The van der Waals surface area contributed by atoms with Crippen LogP contribution in [0.1, 0.15) is 45.7 Å². The summed E-state index contributed by atoms with van der Waals surface area (Å²) in [7, 11) is 1.90. The number of aromatic nitrogens is 2. The molecule has 0 fully saturated rings. The second-order valence-electron chi connectivity index (χ2n) is 5.69. The van der Waals surface area contributed by atoms with Gasteiger partial charge in [0.15, 0.2) is 0 Å². The molecule has 0 aliphatic rings. The molecule has 1 aromatic heterocycles. The van der Waals surface area contributed by atoms with E-state index in [1.165, 1.54) is 0 Å². The average molecular weight is 253 g/mol. The summed E-state index contributed by atoms with van der Waals surface area (Å²) in [5.74, 6) is -0.307. The molecule has 2 N–H and O–H groups in total. The van der Waals surface area contributed by atoms with Crippen molar-refractivity contribution < 1.29 is 9.53 Å². The van der Waals surface area contributed by atoms with E-state index in [0.29, 0.717) is 0 Å². The fourth-order valence-corrected chi connectivity index (χ4v) is 1.85. The molecule has 0 saturated carbocycles. The lowest BCUT2D eigenvalue weighted by Crippen LogP contribution is -2.31. The van der Waals surface area contributed by atoms with Gasteiger partial charge in [0, 0.05) is 30.9 Å². The van der Waals surface area contributed by atoms with Gasteiger partial charge in [-0.3, -0.25) is 4.79 Å². The number of carbonyl (C=O) groups excluding carboxylic acids is 1. The van der Waals surface area contributed by atoms with Crippen LogP contribution >= 0.6 is 0 Å². The third-order valence-electron chi connectivity index (χ3n) is 2.68. The molecule has 2 unspecified atom stereocenters. The summed E-state index contributed by atoms with van der Waals surface area (Å²) in [6.45, 7) is 7.46. The van der Waals surface area contributed by atoms with Gasteiger partial charge in [0.25, 0.3) is 0 Å². The lowest BCUT2D eigenvalue weighted by molar-refractivity contribution is -0.155. The van der Waals surface area contributed by atoms with E-state index in [0.717, 1.165) is 5.69 Å². The Morgan fingerprint density at radius 2 is 2.17 bits per heavy atom. The third-order valence-corrected chi connectivity index (χ3v) is 2.68. The van der Waals surface area contributed by atoms with Crippen LogP contribution in [-0.2, 0) is 16.6 Å². The smallest absolute Gasteiger partial charge is 0.307 e. The minimum absolute atomic E-state index is 0.0765. The summed E-state index contributed by atoms with van der Waals surface area (Å²) < 4.78 is 7.22. The van der Waals surface area contributed by atoms with Gasteiger partial charge in [-0.05, 0) is 27.7 Å². The highest BCUT2D eigenvalue weighted by atomic mass is 16.6. The third kappa shape index (κ3) is 4.14. The normalized spacial score (nSPS) is 15.2. The summed E-state index contributed by atoms with van der Waals surface area (Å²) in [6.07, 6.45) is 3.73. The first kappa shape index (κ1) is 14.7. The van der Waals surface area contributed by atoms with Gasteiger partial charge in [-0.25, -0.2) is 4.98 Å². The Balaban J connectivity index is 2.77. The molecule has 0 bridgehead atoms. The molecule has 1 rings (SSSR count). The Kier molecular flexibility index (Phi) is 4.51. The highest BCUT2D eigenvalue weighted by molar-refractivity contribution is 5.71. The molecular weight excluding hydrogens is 230 g/mol. The van der Waals surface area contributed by atoms with Crippen molar-refractivity contribution in [1.82, 2.24) is 9.55 Å². The van der Waals surface area contributed by atoms with Crippen molar-refractivity contribution in [2.24, 2.45) is 12.8 Å². The maximum Gasteiger partial charge on any atom is 0.307 e. The monoisotopic (exact) mass is 253 g/mol. The zero-order valence-corrected chi connectivity index (χ0v) is 11.8. The van der Waals surface area contributed by atoms with E-state index in [4.69, 9.17) is 10.5 Å². The predicted molar refractivity (Wildman–Crippen MR) is 70.1 cm³/mol. The first-order valence-electron chi connectivity index (χ1n) is 6.14. The van der Waals surface area contributed by atoms with E-state index in [1.54, 1.807) is 12.5 Å². The number of rotatable bonds is 4. The molecule has 0 aliphatic carbocycles. The molecule has 0 radical (unpaired) electrons. The number of nitrogens with zero attached hydrogens (tertiary/aromatic N) is 2. The van der Waals surface area contributed by atoms with Crippen LogP contribution in [0.2, 0.25) is 0 Å². The largest absolute Gasteiger partial charge is 0.460 e. The van der Waals surface area contributed by atoms with Gasteiger partial charge < -0.3 is 15.0 Å². The van der Waals surface area contributed by atoms with Crippen molar-refractivity contribution in [3.63, 3.8) is 0 Å². The standard InChI is InChI=1S/C13H23N3O2/c1-9(14)10(11-7-15-8-16(11)5)6-12(17)18-13(2,3)4/h7-10H,6,14H2,1-5H3. The molecular formula is C13H23N3O2. The van der Waals surface area contributed by atoms with Crippen LogP contribution < -0.4 is 5.73 Å². The number of ether oxygens (including phenoxy) is 1. The van der Waals surface area contributed by atoms with Gasteiger partial charge in [0.05, 0.1) is 12.7 Å². The second-order valence-corrected chi connectivity index (χ2v) is 5.69. The Bertz CT molecular complexity index is 405. The summed E-state index contributed by atoms with van der Waals surface area (Å²) in [4.78, 5) is 15.9. The minimum atomic E-state index is -0.466. The SMILES string of the molecule is CC(N)C(CC(=O)OC(C)(C)C)c1cncn1C. The van der Waals surface area contributed by atoms with Crippen LogP contribution in [0.3, 0.4) is 0 Å².